The number of hydrogen-bond acceptors (Lipinski definition) is 4. The molecule has 2 rings (SSSR count). The maximum Gasteiger partial charge on any atom is 0.0826 e. The Balaban J connectivity index is 1.61. The zero-order valence-electron chi connectivity index (χ0n) is 12.0. The van der Waals surface area contributed by atoms with Gasteiger partial charge in [-0.05, 0) is 39.4 Å². The van der Waals surface area contributed by atoms with E-state index in [9.17, 15) is 0 Å². The summed E-state index contributed by atoms with van der Waals surface area (Å²) >= 11 is 0. The molecule has 0 aromatic carbocycles. The molecule has 4 heteroatoms. The van der Waals surface area contributed by atoms with Gasteiger partial charge < -0.3 is 15.0 Å². The molecule has 2 aliphatic rings. The van der Waals surface area contributed by atoms with Gasteiger partial charge in [-0.3, -0.25) is 4.90 Å². The monoisotopic (exact) mass is 255 g/mol. The molecule has 1 N–H and O–H groups in total. The van der Waals surface area contributed by atoms with E-state index in [-0.39, 0.29) is 0 Å². The van der Waals surface area contributed by atoms with Crippen LogP contribution in [0.2, 0.25) is 0 Å². The molecule has 0 saturated carbocycles. The lowest BCUT2D eigenvalue weighted by atomic mass is 10.2. The third-order valence-electron chi connectivity index (χ3n) is 4.09. The first-order valence-corrected chi connectivity index (χ1v) is 7.57. The van der Waals surface area contributed by atoms with Gasteiger partial charge in [0.25, 0.3) is 0 Å². The summed E-state index contributed by atoms with van der Waals surface area (Å²) in [4.78, 5) is 5.04. The van der Waals surface area contributed by atoms with Gasteiger partial charge in [0.05, 0.1) is 12.7 Å². The standard InChI is InChI=1S/C14H29N3O/c1-3-16-8-9-18-14(12-16)10-15-13(2)11-17-6-4-5-7-17/h13-15H,3-12H2,1-2H3. The van der Waals surface area contributed by atoms with Crippen molar-refractivity contribution in [2.45, 2.75) is 38.8 Å². The lowest BCUT2D eigenvalue weighted by Gasteiger charge is -2.33. The highest BCUT2D eigenvalue weighted by Crippen LogP contribution is 2.08. The van der Waals surface area contributed by atoms with Crippen molar-refractivity contribution in [3.8, 4) is 0 Å². The van der Waals surface area contributed by atoms with Gasteiger partial charge in [0.15, 0.2) is 0 Å². The van der Waals surface area contributed by atoms with E-state index in [4.69, 9.17) is 4.74 Å². The van der Waals surface area contributed by atoms with Crippen LogP contribution >= 0.6 is 0 Å². The molecule has 2 fully saturated rings. The summed E-state index contributed by atoms with van der Waals surface area (Å²) in [7, 11) is 0. The van der Waals surface area contributed by atoms with E-state index in [0.29, 0.717) is 12.1 Å². The predicted octanol–water partition coefficient (Wildman–Crippen LogP) is 0.781. The van der Waals surface area contributed by atoms with Gasteiger partial charge in [-0.1, -0.05) is 6.92 Å². The van der Waals surface area contributed by atoms with Crippen molar-refractivity contribution in [1.29, 1.82) is 0 Å². The van der Waals surface area contributed by atoms with Gasteiger partial charge >= 0.3 is 0 Å². The molecule has 0 aliphatic carbocycles. The number of likely N-dealkylation sites (tertiary alicyclic amines) is 1. The zero-order valence-corrected chi connectivity index (χ0v) is 12.0. The fraction of sp³-hybridized carbons (Fsp3) is 1.00. The topological polar surface area (TPSA) is 27.7 Å². The van der Waals surface area contributed by atoms with Crippen LogP contribution in [0.25, 0.3) is 0 Å². The molecule has 4 nitrogen and oxygen atoms in total. The Labute approximate surface area is 112 Å². The smallest absolute Gasteiger partial charge is 0.0826 e. The van der Waals surface area contributed by atoms with Crippen LogP contribution in [-0.2, 0) is 4.74 Å². The summed E-state index contributed by atoms with van der Waals surface area (Å²) < 4.78 is 5.81. The summed E-state index contributed by atoms with van der Waals surface area (Å²) in [6, 6.07) is 0.573. The first kappa shape index (κ1) is 14.3. The Morgan fingerprint density at radius 2 is 2.00 bits per heavy atom. The second kappa shape index (κ2) is 7.43. The minimum absolute atomic E-state index is 0.375. The molecule has 0 amide bonds. The van der Waals surface area contributed by atoms with Crippen LogP contribution in [0, 0.1) is 0 Å². The van der Waals surface area contributed by atoms with Crippen LogP contribution in [0.15, 0.2) is 0 Å². The molecule has 0 aromatic rings. The number of nitrogens with zero attached hydrogens (tertiary/aromatic N) is 2. The molecular formula is C14H29N3O. The number of rotatable bonds is 6. The van der Waals surface area contributed by atoms with Crippen molar-refractivity contribution in [2.75, 3.05) is 52.4 Å². The molecular weight excluding hydrogens is 226 g/mol. The van der Waals surface area contributed by atoms with Crippen molar-refractivity contribution in [2.24, 2.45) is 0 Å². The number of ether oxygens (including phenoxy) is 1. The highest BCUT2D eigenvalue weighted by atomic mass is 16.5. The quantitative estimate of drug-likeness (QED) is 0.759. The minimum atomic E-state index is 0.375. The molecule has 18 heavy (non-hydrogen) atoms. The Morgan fingerprint density at radius 1 is 1.22 bits per heavy atom. The molecule has 0 spiro atoms. The van der Waals surface area contributed by atoms with Gasteiger partial charge in [0.2, 0.25) is 0 Å². The van der Waals surface area contributed by atoms with Crippen LogP contribution < -0.4 is 5.32 Å². The summed E-state index contributed by atoms with van der Waals surface area (Å²) in [6.45, 7) is 13.5. The second-order valence-electron chi connectivity index (χ2n) is 5.70. The fourth-order valence-electron chi connectivity index (χ4n) is 2.94. The summed E-state index contributed by atoms with van der Waals surface area (Å²) in [5, 5.41) is 3.63. The first-order valence-electron chi connectivity index (χ1n) is 7.57. The number of morpholine rings is 1. The average molecular weight is 255 g/mol. The van der Waals surface area contributed by atoms with Crippen LogP contribution in [-0.4, -0.2) is 74.4 Å². The number of nitrogens with one attached hydrogen (secondary N) is 1. The molecule has 2 saturated heterocycles. The Hall–Kier alpha value is -0.160. The Kier molecular flexibility index (Phi) is 5.89. The summed E-state index contributed by atoms with van der Waals surface area (Å²) in [6.07, 6.45) is 3.13. The fourth-order valence-corrected chi connectivity index (χ4v) is 2.94. The second-order valence-corrected chi connectivity index (χ2v) is 5.70. The Morgan fingerprint density at radius 3 is 2.72 bits per heavy atom. The third-order valence-corrected chi connectivity index (χ3v) is 4.09. The van der Waals surface area contributed by atoms with Crippen molar-refractivity contribution >= 4 is 0 Å². The Bertz CT molecular complexity index is 231. The van der Waals surface area contributed by atoms with Crippen LogP contribution in [0.5, 0.6) is 0 Å². The van der Waals surface area contributed by atoms with E-state index >= 15 is 0 Å². The summed E-state index contributed by atoms with van der Waals surface area (Å²) in [5.74, 6) is 0. The molecule has 2 aliphatic heterocycles. The van der Waals surface area contributed by atoms with E-state index in [0.717, 1.165) is 32.8 Å². The minimum Gasteiger partial charge on any atom is -0.374 e. The van der Waals surface area contributed by atoms with Crippen LogP contribution in [0.3, 0.4) is 0 Å². The lowest BCUT2D eigenvalue weighted by Crippen LogP contribution is -2.49. The molecule has 2 atom stereocenters. The van der Waals surface area contributed by atoms with E-state index < -0.39 is 0 Å². The zero-order chi connectivity index (χ0) is 12.8. The van der Waals surface area contributed by atoms with Gasteiger partial charge in [-0.15, -0.1) is 0 Å². The highest BCUT2D eigenvalue weighted by Gasteiger charge is 2.20. The SMILES string of the molecule is CCN1CCOC(CNC(C)CN2CCCC2)C1. The normalized spacial score (nSPS) is 28.7. The molecule has 106 valence electrons. The highest BCUT2D eigenvalue weighted by molar-refractivity contribution is 4.77. The molecule has 2 unspecified atom stereocenters. The first-order chi connectivity index (χ1) is 8.78. The lowest BCUT2D eigenvalue weighted by molar-refractivity contribution is -0.0264. The number of hydrogen-bond donors (Lipinski definition) is 1. The largest absolute Gasteiger partial charge is 0.374 e. The third kappa shape index (κ3) is 4.50. The molecule has 0 aromatic heterocycles. The van der Waals surface area contributed by atoms with E-state index in [1.54, 1.807) is 0 Å². The summed E-state index contributed by atoms with van der Waals surface area (Å²) in [5.41, 5.74) is 0. The van der Waals surface area contributed by atoms with E-state index in [1.165, 1.54) is 32.5 Å². The van der Waals surface area contributed by atoms with Crippen molar-refractivity contribution < 1.29 is 4.74 Å². The van der Waals surface area contributed by atoms with E-state index in [2.05, 4.69) is 29.0 Å². The molecule has 0 radical (unpaired) electrons. The molecule has 2 heterocycles. The number of likely N-dealkylation sites (N-methyl/N-ethyl adjacent to an activating group) is 1. The van der Waals surface area contributed by atoms with Crippen molar-refractivity contribution in [3.05, 3.63) is 0 Å². The van der Waals surface area contributed by atoms with Gasteiger partial charge in [0, 0.05) is 32.2 Å². The van der Waals surface area contributed by atoms with Gasteiger partial charge in [-0.2, -0.15) is 0 Å². The van der Waals surface area contributed by atoms with E-state index in [1.807, 2.05) is 0 Å². The van der Waals surface area contributed by atoms with Crippen molar-refractivity contribution in [3.63, 3.8) is 0 Å². The van der Waals surface area contributed by atoms with Crippen LogP contribution in [0.1, 0.15) is 26.7 Å². The predicted molar refractivity (Wildman–Crippen MR) is 75.0 cm³/mol. The van der Waals surface area contributed by atoms with Gasteiger partial charge in [0.1, 0.15) is 0 Å². The maximum absolute atomic E-state index is 5.81. The van der Waals surface area contributed by atoms with Gasteiger partial charge in [-0.25, -0.2) is 0 Å². The maximum atomic E-state index is 5.81. The molecule has 0 bridgehead atoms. The van der Waals surface area contributed by atoms with Crippen LogP contribution in [0.4, 0.5) is 0 Å². The average Bonchev–Trinajstić information content (AvgIpc) is 2.89. The van der Waals surface area contributed by atoms with Crippen molar-refractivity contribution in [1.82, 2.24) is 15.1 Å².